The fourth-order valence-electron chi connectivity index (χ4n) is 1.11. The van der Waals surface area contributed by atoms with Gasteiger partial charge in [0, 0.05) is 17.4 Å². The van der Waals surface area contributed by atoms with Gasteiger partial charge in [-0.15, -0.1) is 0 Å². The largest absolute Gasteiger partial charge is 0.384 e. The summed E-state index contributed by atoms with van der Waals surface area (Å²) in [5.74, 6) is 0.484. The van der Waals surface area contributed by atoms with Crippen molar-refractivity contribution in [1.82, 2.24) is 4.98 Å². The summed E-state index contributed by atoms with van der Waals surface area (Å²) < 4.78 is -0.0276. The van der Waals surface area contributed by atoms with Gasteiger partial charge in [0.25, 0.3) is 0 Å². The highest BCUT2D eigenvalue weighted by Crippen LogP contribution is 2.26. The van der Waals surface area contributed by atoms with Gasteiger partial charge >= 0.3 is 5.69 Å². The van der Waals surface area contributed by atoms with Crippen LogP contribution in [0.4, 0.5) is 17.3 Å². The molecule has 0 saturated heterocycles. The first-order valence-corrected chi connectivity index (χ1v) is 6.28. The van der Waals surface area contributed by atoms with Crippen LogP contribution in [0.5, 0.6) is 0 Å². The van der Waals surface area contributed by atoms with Gasteiger partial charge in [-0.3, -0.25) is 10.1 Å². The van der Waals surface area contributed by atoms with Gasteiger partial charge in [0.1, 0.15) is 5.82 Å². The third-order valence-corrected chi connectivity index (χ3v) is 3.58. The number of nitrogens with two attached hydrogens (primary N) is 1. The predicted octanol–water partition coefficient (Wildman–Crippen LogP) is 2.13. The molecule has 3 N–H and O–H groups in total. The molecule has 6 nitrogen and oxygen atoms in total. The van der Waals surface area contributed by atoms with Gasteiger partial charge in [-0.1, -0.05) is 0 Å². The minimum Gasteiger partial charge on any atom is -0.384 e. The van der Waals surface area contributed by atoms with Crippen LogP contribution >= 0.6 is 11.8 Å². The topological polar surface area (TPSA) is 94.1 Å². The molecule has 0 spiro atoms. The Bertz CT molecular complexity index is 423. The lowest BCUT2D eigenvalue weighted by Gasteiger charge is -2.22. The van der Waals surface area contributed by atoms with E-state index < -0.39 is 4.92 Å². The number of nitro groups is 1. The van der Waals surface area contributed by atoms with Crippen LogP contribution in [0.2, 0.25) is 0 Å². The molecule has 1 aromatic rings. The summed E-state index contributed by atoms with van der Waals surface area (Å²) in [4.78, 5) is 14.3. The van der Waals surface area contributed by atoms with Gasteiger partial charge in [-0.25, -0.2) is 4.98 Å². The summed E-state index contributed by atoms with van der Waals surface area (Å²) in [6, 6.07) is 2.78. The Hall–Kier alpha value is -1.50. The third-order valence-electron chi connectivity index (χ3n) is 2.33. The molecule has 0 saturated carbocycles. The average molecular weight is 256 g/mol. The third kappa shape index (κ3) is 3.77. The molecule has 0 amide bonds. The van der Waals surface area contributed by atoms with Crippen LogP contribution in [0.3, 0.4) is 0 Å². The smallest absolute Gasteiger partial charge is 0.311 e. The van der Waals surface area contributed by atoms with Crippen LogP contribution in [0.15, 0.2) is 12.1 Å². The number of rotatable bonds is 5. The van der Waals surface area contributed by atoms with Crippen molar-refractivity contribution in [3.8, 4) is 0 Å². The molecule has 17 heavy (non-hydrogen) atoms. The molecule has 0 bridgehead atoms. The van der Waals surface area contributed by atoms with E-state index in [2.05, 4.69) is 10.3 Å². The molecule has 0 fully saturated rings. The molecule has 7 heteroatoms. The average Bonchev–Trinajstić information content (AvgIpc) is 2.26. The molecule has 1 rings (SSSR count). The maximum atomic E-state index is 10.8. The fourth-order valence-corrected chi connectivity index (χ4v) is 1.33. The first kappa shape index (κ1) is 13.6. The van der Waals surface area contributed by atoms with Crippen LogP contribution in [-0.4, -0.2) is 27.5 Å². The Morgan fingerprint density at radius 3 is 2.76 bits per heavy atom. The van der Waals surface area contributed by atoms with Crippen molar-refractivity contribution in [3.63, 3.8) is 0 Å². The van der Waals surface area contributed by atoms with Crippen molar-refractivity contribution in [2.45, 2.75) is 18.6 Å². The van der Waals surface area contributed by atoms with E-state index in [4.69, 9.17) is 5.73 Å². The van der Waals surface area contributed by atoms with Crippen molar-refractivity contribution in [3.05, 3.63) is 22.2 Å². The first-order valence-electron chi connectivity index (χ1n) is 5.05. The molecular weight excluding hydrogens is 240 g/mol. The molecule has 1 heterocycles. The summed E-state index contributed by atoms with van der Waals surface area (Å²) in [6.07, 6.45) is 1.99. The number of hydrogen-bond acceptors (Lipinski definition) is 6. The van der Waals surface area contributed by atoms with E-state index >= 15 is 0 Å². The summed E-state index contributed by atoms with van der Waals surface area (Å²) in [5.41, 5.74) is 5.46. The SMILES string of the molecule is CSC(C)(C)CNc1nc(N)ccc1[N+](=O)[O-]. The second-order valence-corrected chi connectivity index (χ2v) is 5.69. The van der Waals surface area contributed by atoms with Gasteiger partial charge in [-0.2, -0.15) is 11.8 Å². The molecule has 0 unspecified atom stereocenters. The van der Waals surface area contributed by atoms with Crippen LogP contribution in [-0.2, 0) is 0 Å². The maximum Gasteiger partial charge on any atom is 0.311 e. The summed E-state index contributed by atoms with van der Waals surface area (Å²) in [6.45, 7) is 4.66. The minimum atomic E-state index is -0.471. The zero-order chi connectivity index (χ0) is 13.1. The molecule has 0 aliphatic heterocycles. The van der Waals surface area contributed by atoms with Gasteiger partial charge in [0.05, 0.1) is 4.92 Å². The standard InChI is InChI=1S/C10H16N4O2S/c1-10(2,17-3)6-12-9-7(14(15)16)4-5-8(11)13-9/h4-5H,6H2,1-3H3,(H3,11,12,13). The number of nitrogens with one attached hydrogen (secondary N) is 1. The second kappa shape index (κ2) is 5.22. The zero-order valence-electron chi connectivity index (χ0n) is 10.1. The molecule has 94 valence electrons. The minimum absolute atomic E-state index is 0.0276. The Kier molecular flexibility index (Phi) is 4.17. The van der Waals surface area contributed by atoms with Gasteiger partial charge in [0.2, 0.25) is 5.82 Å². The lowest BCUT2D eigenvalue weighted by Crippen LogP contribution is -2.26. The number of hydrogen-bond donors (Lipinski definition) is 2. The molecular formula is C10H16N4O2S. The summed E-state index contributed by atoms with van der Waals surface area (Å²) in [5, 5.41) is 13.8. The van der Waals surface area contributed by atoms with E-state index in [0.717, 1.165) is 0 Å². The van der Waals surface area contributed by atoms with E-state index in [-0.39, 0.29) is 22.1 Å². The van der Waals surface area contributed by atoms with Crippen LogP contribution in [0.1, 0.15) is 13.8 Å². The summed E-state index contributed by atoms with van der Waals surface area (Å²) in [7, 11) is 0. The molecule has 1 aromatic heterocycles. The van der Waals surface area contributed by atoms with E-state index in [1.807, 2.05) is 20.1 Å². The number of pyridine rings is 1. The second-order valence-electron chi connectivity index (χ2n) is 4.18. The van der Waals surface area contributed by atoms with Crippen molar-refractivity contribution in [1.29, 1.82) is 0 Å². The number of aromatic nitrogens is 1. The highest BCUT2D eigenvalue weighted by Gasteiger charge is 2.20. The normalized spacial score (nSPS) is 11.2. The van der Waals surface area contributed by atoms with Gasteiger partial charge in [0.15, 0.2) is 0 Å². The maximum absolute atomic E-state index is 10.8. The highest BCUT2D eigenvalue weighted by molar-refractivity contribution is 7.99. The van der Waals surface area contributed by atoms with Gasteiger partial charge < -0.3 is 11.1 Å². The Morgan fingerprint density at radius 2 is 2.24 bits per heavy atom. The van der Waals surface area contributed by atoms with Crippen LogP contribution in [0, 0.1) is 10.1 Å². The monoisotopic (exact) mass is 256 g/mol. The number of anilines is 2. The molecule has 0 aliphatic rings. The van der Waals surface area contributed by atoms with Crippen molar-refractivity contribution in [2.24, 2.45) is 0 Å². The highest BCUT2D eigenvalue weighted by atomic mass is 32.2. The van der Waals surface area contributed by atoms with Crippen LogP contribution in [0.25, 0.3) is 0 Å². The molecule has 0 aliphatic carbocycles. The molecule has 0 atom stereocenters. The first-order chi connectivity index (χ1) is 7.85. The number of nitrogens with zero attached hydrogens (tertiary/aromatic N) is 2. The predicted molar refractivity (Wildman–Crippen MR) is 71.4 cm³/mol. The van der Waals surface area contributed by atoms with E-state index in [0.29, 0.717) is 6.54 Å². The quantitative estimate of drug-likeness (QED) is 0.619. The number of thioether (sulfide) groups is 1. The van der Waals surface area contributed by atoms with E-state index in [1.54, 1.807) is 11.8 Å². The lowest BCUT2D eigenvalue weighted by atomic mass is 10.2. The van der Waals surface area contributed by atoms with E-state index in [1.165, 1.54) is 12.1 Å². The molecule has 0 aromatic carbocycles. The van der Waals surface area contributed by atoms with Gasteiger partial charge in [-0.05, 0) is 26.2 Å². The van der Waals surface area contributed by atoms with Crippen molar-refractivity contribution in [2.75, 3.05) is 23.9 Å². The fraction of sp³-hybridized carbons (Fsp3) is 0.500. The Labute approximate surface area is 104 Å². The Balaban J connectivity index is 2.89. The Morgan fingerprint density at radius 1 is 1.59 bits per heavy atom. The number of nitrogen functional groups attached to an aromatic ring is 1. The zero-order valence-corrected chi connectivity index (χ0v) is 10.9. The van der Waals surface area contributed by atoms with E-state index in [9.17, 15) is 10.1 Å². The van der Waals surface area contributed by atoms with Crippen molar-refractivity contribution >= 4 is 29.1 Å². The summed E-state index contributed by atoms with van der Waals surface area (Å²) >= 11 is 1.67. The molecule has 0 radical (unpaired) electrons. The van der Waals surface area contributed by atoms with Crippen LogP contribution < -0.4 is 11.1 Å². The lowest BCUT2D eigenvalue weighted by molar-refractivity contribution is -0.384. The van der Waals surface area contributed by atoms with Crippen molar-refractivity contribution < 1.29 is 4.92 Å².